The lowest BCUT2D eigenvalue weighted by atomic mass is 9.91. The second kappa shape index (κ2) is 15.3. The molecular formula is C27H39ClF3N7O5S. The Labute approximate surface area is 260 Å². The van der Waals surface area contributed by atoms with Crippen LogP contribution in [0.5, 0.6) is 5.75 Å². The van der Waals surface area contributed by atoms with E-state index in [-0.39, 0.29) is 12.1 Å². The molecule has 2 atom stereocenters. The van der Waals surface area contributed by atoms with Crippen molar-refractivity contribution in [3.63, 3.8) is 0 Å². The number of aromatic nitrogens is 2. The molecule has 2 aromatic rings. The smallest absolute Gasteiger partial charge is 0.490 e. The third kappa shape index (κ3) is 9.97. The van der Waals surface area contributed by atoms with Gasteiger partial charge in [0.15, 0.2) is 5.82 Å². The number of fused-ring (bicyclic) bond motifs is 1. The van der Waals surface area contributed by atoms with Crippen molar-refractivity contribution in [2.24, 2.45) is 0 Å². The maximum Gasteiger partial charge on any atom is 0.490 e. The number of benzene rings is 1. The van der Waals surface area contributed by atoms with Gasteiger partial charge in [0.2, 0.25) is 16.0 Å². The van der Waals surface area contributed by atoms with Gasteiger partial charge in [-0.15, -0.1) is 0 Å². The molecule has 44 heavy (non-hydrogen) atoms. The summed E-state index contributed by atoms with van der Waals surface area (Å²) in [5.41, 5.74) is 3.17. The van der Waals surface area contributed by atoms with E-state index in [1.54, 1.807) is 13.3 Å². The van der Waals surface area contributed by atoms with Crippen molar-refractivity contribution >= 4 is 50.7 Å². The maximum atomic E-state index is 11.9. The van der Waals surface area contributed by atoms with Crippen LogP contribution in [0.1, 0.15) is 45.1 Å². The van der Waals surface area contributed by atoms with E-state index in [4.69, 9.17) is 26.2 Å². The number of likely N-dealkylation sites (N-methyl/N-ethyl adjacent to an activating group) is 2. The average molecular weight is 666 g/mol. The lowest BCUT2D eigenvalue weighted by Gasteiger charge is -2.32. The quantitative estimate of drug-likeness (QED) is 0.301. The van der Waals surface area contributed by atoms with E-state index in [0.29, 0.717) is 22.5 Å². The summed E-state index contributed by atoms with van der Waals surface area (Å²) in [6.45, 7) is 9.09. The molecule has 0 amide bonds. The van der Waals surface area contributed by atoms with Crippen molar-refractivity contribution in [2.75, 3.05) is 55.1 Å². The summed E-state index contributed by atoms with van der Waals surface area (Å²) in [6.07, 6.45) is 1.20. The third-order valence-electron chi connectivity index (χ3n) is 7.34. The van der Waals surface area contributed by atoms with E-state index in [9.17, 15) is 21.6 Å². The number of nitrogens with zero attached hydrogens (tertiary/aromatic N) is 4. The maximum absolute atomic E-state index is 11.9. The molecule has 0 unspecified atom stereocenters. The number of methoxy groups -OCH3 is 1. The van der Waals surface area contributed by atoms with Gasteiger partial charge in [0.05, 0.1) is 25.2 Å². The van der Waals surface area contributed by atoms with Crippen molar-refractivity contribution in [3.05, 3.63) is 28.9 Å². The predicted molar refractivity (Wildman–Crippen MR) is 163 cm³/mol. The minimum Gasteiger partial charge on any atom is -0.495 e. The number of carboxylic acid groups (broad SMARTS) is 1. The number of aliphatic carboxylic acids is 1. The first-order valence-electron chi connectivity index (χ1n) is 14.2. The first-order valence-corrected chi connectivity index (χ1v) is 16.4. The van der Waals surface area contributed by atoms with Gasteiger partial charge in [-0.1, -0.05) is 31.4 Å². The number of carbonyl (C=O) groups is 1. The van der Waals surface area contributed by atoms with Crippen LogP contribution in [-0.4, -0.2) is 92.2 Å². The van der Waals surface area contributed by atoms with Crippen LogP contribution in [0.15, 0.2) is 18.3 Å². The largest absolute Gasteiger partial charge is 0.495 e. The first kappa shape index (κ1) is 35.4. The molecule has 0 radical (unpaired) electrons. The van der Waals surface area contributed by atoms with E-state index >= 15 is 0 Å². The van der Waals surface area contributed by atoms with Gasteiger partial charge in [-0.2, -0.15) is 18.2 Å². The molecule has 17 heteroatoms. The molecule has 1 fully saturated rings. The summed E-state index contributed by atoms with van der Waals surface area (Å²) in [5.74, 6) is -1.20. The Hall–Kier alpha value is -3.08. The molecule has 1 aliphatic heterocycles. The Kier molecular flexibility index (Phi) is 12.3. The highest BCUT2D eigenvalue weighted by molar-refractivity contribution is 7.88. The second-order valence-electron chi connectivity index (χ2n) is 10.5. The molecule has 1 saturated carbocycles. The lowest BCUT2D eigenvalue weighted by molar-refractivity contribution is -0.192. The molecule has 1 aromatic carbocycles. The molecular weight excluding hydrogens is 627 g/mol. The van der Waals surface area contributed by atoms with Crippen LogP contribution < -0.4 is 25.0 Å². The number of hydrogen-bond donors (Lipinski definition) is 4. The SMILES string of the molecule is CCN1CCN(CC)c2cc(Nc3ncc(Cl)c(N[C@@H]4CCCC[C@H]4NS(C)(=O)=O)n3)c(OC)cc2C1.O=C(O)C(F)(F)F. The van der Waals surface area contributed by atoms with Gasteiger partial charge >= 0.3 is 12.1 Å². The number of hydrogen-bond acceptors (Lipinski definition) is 10. The zero-order valence-electron chi connectivity index (χ0n) is 25.0. The van der Waals surface area contributed by atoms with E-state index in [1.165, 1.54) is 17.5 Å². The normalized spacial score (nSPS) is 19.2. The van der Waals surface area contributed by atoms with Gasteiger partial charge in [0.1, 0.15) is 10.8 Å². The van der Waals surface area contributed by atoms with Gasteiger partial charge in [-0.25, -0.2) is 22.9 Å². The number of halogens is 4. The molecule has 4 rings (SSSR count). The van der Waals surface area contributed by atoms with Gasteiger partial charge in [0, 0.05) is 44.0 Å². The zero-order valence-corrected chi connectivity index (χ0v) is 26.6. The minimum atomic E-state index is -5.08. The number of nitrogens with one attached hydrogen (secondary N) is 3. The standard InChI is InChI=1S/C25H38ClN7O3S.C2HF3O2/c1-5-32-11-12-33(6-2)22-14-21(23(36-3)13-17(22)16-32)29-25-27-15-18(26)24(30-25)28-19-9-7-8-10-20(19)31-37(4,34)35;3-2(4,5)1(6)7/h13-15,19-20,31H,5-12,16H2,1-4H3,(H2,27,28,29,30);(H,6,7)/t19-,20-;/m1./s1. The highest BCUT2D eigenvalue weighted by Gasteiger charge is 2.38. The summed E-state index contributed by atoms with van der Waals surface area (Å²) >= 11 is 6.45. The second-order valence-corrected chi connectivity index (χ2v) is 12.7. The predicted octanol–water partition coefficient (Wildman–Crippen LogP) is 4.45. The van der Waals surface area contributed by atoms with Crippen LogP contribution in [-0.2, 0) is 21.4 Å². The number of rotatable bonds is 9. The van der Waals surface area contributed by atoms with E-state index < -0.39 is 22.2 Å². The van der Waals surface area contributed by atoms with Crippen LogP contribution in [0.4, 0.5) is 36.3 Å². The van der Waals surface area contributed by atoms with Crippen molar-refractivity contribution in [1.29, 1.82) is 0 Å². The Bertz CT molecular complexity index is 1400. The van der Waals surface area contributed by atoms with Crippen LogP contribution in [0, 0.1) is 0 Å². The highest BCUT2D eigenvalue weighted by Crippen LogP contribution is 2.37. The van der Waals surface area contributed by atoms with Crippen LogP contribution in [0.3, 0.4) is 0 Å². The molecule has 0 bridgehead atoms. The van der Waals surface area contributed by atoms with Gasteiger partial charge in [-0.05, 0) is 44.0 Å². The Morgan fingerprint density at radius 3 is 2.39 bits per heavy atom. The van der Waals surface area contributed by atoms with Crippen LogP contribution >= 0.6 is 11.6 Å². The number of anilines is 4. The fraction of sp³-hybridized carbons (Fsp3) is 0.593. The molecule has 2 heterocycles. The van der Waals surface area contributed by atoms with E-state index in [2.05, 4.69) is 61.1 Å². The molecule has 4 N–H and O–H groups in total. The topological polar surface area (TPSA) is 149 Å². The minimum absolute atomic E-state index is 0.120. The Morgan fingerprint density at radius 2 is 1.82 bits per heavy atom. The van der Waals surface area contributed by atoms with Crippen LogP contribution in [0.2, 0.25) is 5.02 Å². The number of carboxylic acids is 1. The van der Waals surface area contributed by atoms with Crippen molar-refractivity contribution in [2.45, 2.75) is 64.3 Å². The van der Waals surface area contributed by atoms with E-state index in [1.807, 2.05) is 0 Å². The molecule has 1 aromatic heterocycles. The molecule has 0 saturated heterocycles. The molecule has 12 nitrogen and oxygen atoms in total. The monoisotopic (exact) mass is 665 g/mol. The van der Waals surface area contributed by atoms with Crippen molar-refractivity contribution in [3.8, 4) is 5.75 Å². The number of alkyl halides is 3. The molecule has 2 aliphatic rings. The fourth-order valence-corrected chi connectivity index (χ4v) is 6.12. The summed E-state index contributed by atoms with van der Waals surface area (Å²) in [7, 11) is -1.67. The Morgan fingerprint density at radius 1 is 1.16 bits per heavy atom. The molecule has 1 aliphatic carbocycles. The zero-order chi connectivity index (χ0) is 32.7. The summed E-state index contributed by atoms with van der Waals surface area (Å²) in [6, 6.07) is 3.85. The molecule has 0 spiro atoms. The van der Waals surface area contributed by atoms with Gasteiger partial charge in [0.25, 0.3) is 0 Å². The van der Waals surface area contributed by atoms with Crippen LogP contribution in [0.25, 0.3) is 0 Å². The lowest BCUT2D eigenvalue weighted by Crippen LogP contribution is -2.48. The number of ether oxygens (including phenoxy) is 1. The third-order valence-corrected chi connectivity index (χ3v) is 8.34. The summed E-state index contributed by atoms with van der Waals surface area (Å²) < 4.78 is 64.0. The first-order chi connectivity index (χ1) is 20.6. The van der Waals surface area contributed by atoms with Gasteiger partial charge in [-0.3, -0.25) is 4.90 Å². The molecule has 246 valence electrons. The summed E-state index contributed by atoms with van der Waals surface area (Å²) in [5, 5.41) is 14.2. The van der Waals surface area contributed by atoms with E-state index in [0.717, 1.165) is 64.1 Å². The van der Waals surface area contributed by atoms with Crippen molar-refractivity contribution in [1.82, 2.24) is 19.6 Å². The number of sulfonamides is 1. The fourth-order valence-electron chi connectivity index (χ4n) is 5.14. The summed E-state index contributed by atoms with van der Waals surface area (Å²) in [4.78, 5) is 22.7. The van der Waals surface area contributed by atoms with Crippen molar-refractivity contribution < 1.29 is 36.2 Å². The van der Waals surface area contributed by atoms with Gasteiger partial charge < -0.3 is 25.4 Å². The Balaban J connectivity index is 0.000000676. The average Bonchev–Trinajstić information content (AvgIpc) is 3.12. The highest BCUT2D eigenvalue weighted by atomic mass is 35.5.